The number of carboxylic acid groups (broad SMARTS) is 1. The van der Waals surface area contributed by atoms with Crippen LogP contribution in [0.25, 0.3) is 5.65 Å². The van der Waals surface area contributed by atoms with E-state index >= 15 is 0 Å². The molecule has 0 bridgehead atoms. The first-order valence-electron chi connectivity index (χ1n) is 7.12. The number of aromatic nitrogens is 2. The molecule has 112 valence electrons. The van der Waals surface area contributed by atoms with Crippen LogP contribution in [0.15, 0.2) is 18.3 Å². The van der Waals surface area contributed by atoms with Crippen molar-refractivity contribution >= 4 is 11.6 Å². The molecule has 1 aliphatic heterocycles. The summed E-state index contributed by atoms with van der Waals surface area (Å²) in [5, 5.41) is 9.09. The molecule has 0 spiro atoms. The van der Waals surface area contributed by atoms with E-state index in [1.807, 2.05) is 29.7 Å². The van der Waals surface area contributed by atoms with Crippen LogP contribution in [0.1, 0.15) is 17.0 Å². The number of ether oxygens (including phenoxy) is 1. The third-order valence-electron chi connectivity index (χ3n) is 3.74. The van der Waals surface area contributed by atoms with Crippen molar-refractivity contribution in [1.82, 2.24) is 14.3 Å². The summed E-state index contributed by atoms with van der Waals surface area (Å²) < 4.78 is 7.38. The van der Waals surface area contributed by atoms with Gasteiger partial charge in [0.05, 0.1) is 31.0 Å². The molecule has 3 rings (SSSR count). The van der Waals surface area contributed by atoms with Crippen LogP contribution in [0.4, 0.5) is 0 Å². The summed E-state index contributed by atoms with van der Waals surface area (Å²) in [5.41, 5.74) is 3.56. The van der Waals surface area contributed by atoms with Crippen molar-refractivity contribution < 1.29 is 14.6 Å². The molecule has 0 aliphatic carbocycles. The van der Waals surface area contributed by atoms with E-state index in [-0.39, 0.29) is 6.42 Å². The molecule has 2 aromatic rings. The van der Waals surface area contributed by atoms with Crippen LogP contribution in [-0.4, -0.2) is 51.7 Å². The zero-order valence-electron chi connectivity index (χ0n) is 12.1. The van der Waals surface area contributed by atoms with Gasteiger partial charge in [0.2, 0.25) is 0 Å². The van der Waals surface area contributed by atoms with Gasteiger partial charge in [0, 0.05) is 25.8 Å². The average molecular weight is 289 g/mol. The molecule has 6 heteroatoms. The van der Waals surface area contributed by atoms with Gasteiger partial charge >= 0.3 is 5.97 Å². The number of pyridine rings is 1. The van der Waals surface area contributed by atoms with E-state index in [1.54, 1.807) is 0 Å². The first kappa shape index (κ1) is 14.0. The SMILES string of the molecule is Cc1ccc2nc(CC(=O)O)c(CN3CCOCC3)n2c1. The number of imidazole rings is 1. The highest BCUT2D eigenvalue weighted by Gasteiger charge is 2.19. The van der Waals surface area contributed by atoms with Crippen molar-refractivity contribution in [2.45, 2.75) is 19.9 Å². The smallest absolute Gasteiger partial charge is 0.309 e. The molecule has 0 aromatic carbocycles. The number of morpholine rings is 1. The largest absolute Gasteiger partial charge is 0.481 e. The lowest BCUT2D eigenvalue weighted by molar-refractivity contribution is -0.136. The zero-order chi connectivity index (χ0) is 14.8. The van der Waals surface area contributed by atoms with Crippen molar-refractivity contribution in [1.29, 1.82) is 0 Å². The number of aliphatic carboxylic acids is 1. The summed E-state index contributed by atoms with van der Waals surface area (Å²) in [6, 6.07) is 3.93. The van der Waals surface area contributed by atoms with Crippen LogP contribution in [0.2, 0.25) is 0 Å². The average Bonchev–Trinajstić information content (AvgIpc) is 2.77. The van der Waals surface area contributed by atoms with Crippen molar-refractivity contribution in [2.24, 2.45) is 0 Å². The molecule has 0 atom stereocenters. The summed E-state index contributed by atoms with van der Waals surface area (Å²) in [7, 11) is 0. The van der Waals surface area contributed by atoms with Gasteiger partial charge in [0.15, 0.2) is 0 Å². The van der Waals surface area contributed by atoms with E-state index in [9.17, 15) is 4.79 Å². The minimum absolute atomic E-state index is 0.0413. The number of carboxylic acids is 1. The van der Waals surface area contributed by atoms with Gasteiger partial charge in [0.25, 0.3) is 0 Å². The predicted molar refractivity (Wildman–Crippen MR) is 77.4 cm³/mol. The van der Waals surface area contributed by atoms with Crippen molar-refractivity contribution in [3.05, 3.63) is 35.3 Å². The normalized spacial score (nSPS) is 16.4. The van der Waals surface area contributed by atoms with Gasteiger partial charge in [-0.05, 0) is 18.6 Å². The summed E-state index contributed by atoms with van der Waals surface area (Å²) in [6.07, 6.45) is 1.98. The van der Waals surface area contributed by atoms with Gasteiger partial charge < -0.3 is 14.2 Å². The van der Waals surface area contributed by atoms with Crippen LogP contribution < -0.4 is 0 Å². The lowest BCUT2D eigenvalue weighted by Crippen LogP contribution is -2.36. The summed E-state index contributed by atoms with van der Waals surface area (Å²) >= 11 is 0. The molecular formula is C15H19N3O3. The molecule has 1 N–H and O–H groups in total. The van der Waals surface area contributed by atoms with E-state index in [0.717, 1.165) is 43.2 Å². The van der Waals surface area contributed by atoms with Crippen LogP contribution in [0.5, 0.6) is 0 Å². The third-order valence-corrected chi connectivity index (χ3v) is 3.74. The molecule has 2 aromatic heterocycles. The maximum atomic E-state index is 11.1. The Kier molecular flexibility index (Phi) is 3.90. The van der Waals surface area contributed by atoms with Crippen LogP contribution in [-0.2, 0) is 22.5 Å². The fourth-order valence-electron chi connectivity index (χ4n) is 2.67. The summed E-state index contributed by atoms with van der Waals surface area (Å²) in [5.74, 6) is -0.849. The highest BCUT2D eigenvalue weighted by Crippen LogP contribution is 2.17. The Labute approximate surface area is 123 Å². The molecule has 3 heterocycles. The van der Waals surface area contributed by atoms with Gasteiger partial charge in [-0.3, -0.25) is 9.69 Å². The van der Waals surface area contributed by atoms with Crippen LogP contribution >= 0.6 is 0 Å². The number of rotatable bonds is 4. The predicted octanol–water partition coefficient (Wildman–Crippen LogP) is 1.10. The first-order chi connectivity index (χ1) is 10.1. The van der Waals surface area contributed by atoms with Crippen molar-refractivity contribution in [3.8, 4) is 0 Å². The number of fused-ring (bicyclic) bond motifs is 1. The molecule has 1 fully saturated rings. The standard InChI is InChI=1S/C15H19N3O3/c1-11-2-3-14-16-12(8-15(19)20)13(18(14)9-11)10-17-4-6-21-7-5-17/h2-3,9H,4-8,10H2,1H3,(H,19,20). The summed E-state index contributed by atoms with van der Waals surface area (Å²) in [6.45, 7) is 5.91. The summed E-state index contributed by atoms with van der Waals surface area (Å²) in [4.78, 5) is 17.8. The topological polar surface area (TPSA) is 67.1 Å². The minimum Gasteiger partial charge on any atom is -0.481 e. The molecular weight excluding hydrogens is 270 g/mol. The maximum Gasteiger partial charge on any atom is 0.309 e. The Balaban J connectivity index is 1.98. The number of carbonyl (C=O) groups is 1. The van der Waals surface area contributed by atoms with E-state index in [2.05, 4.69) is 9.88 Å². The van der Waals surface area contributed by atoms with Gasteiger partial charge in [-0.2, -0.15) is 0 Å². The Bertz CT molecular complexity index is 659. The highest BCUT2D eigenvalue weighted by molar-refractivity contribution is 5.70. The fraction of sp³-hybridized carbons (Fsp3) is 0.467. The van der Waals surface area contributed by atoms with Gasteiger partial charge in [-0.1, -0.05) is 6.07 Å². The van der Waals surface area contributed by atoms with E-state index < -0.39 is 5.97 Å². The zero-order valence-corrected chi connectivity index (χ0v) is 12.1. The number of aryl methyl sites for hydroxylation is 1. The van der Waals surface area contributed by atoms with Crippen molar-refractivity contribution in [3.63, 3.8) is 0 Å². The number of hydrogen-bond donors (Lipinski definition) is 1. The second-order valence-electron chi connectivity index (χ2n) is 5.40. The molecule has 0 amide bonds. The first-order valence-corrected chi connectivity index (χ1v) is 7.12. The lowest BCUT2D eigenvalue weighted by atomic mass is 10.2. The lowest BCUT2D eigenvalue weighted by Gasteiger charge is -2.26. The maximum absolute atomic E-state index is 11.1. The van der Waals surface area contributed by atoms with Gasteiger partial charge in [-0.15, -0.1) is 0 Å². The Morgan fingerprint density at radius 2 is 2.14 bits per heavy atom. The molecule has 0 unspecified atom stereocenters. The monoisotopic (exact) mass is 289 g/mol. The fourth-order valence-corrected chi connectivity index (χ4v) is 2.67. The Morgan fingerprint density at radius 3 is 2.86 bits per heavy atom. The number of hydrogen-bond acceptors (Lipinski definition) is 4. The Morgan fingerprint density at radius 1 is 1.38 bits per heavy atom. The second kappa shape index (κ2) is 5.83. The molecule has 0 radical (unpaired) electrons. The third kappa shape index (κ3) is 3.06. The van der Waals surface area contributed by atoms with E-state index in [1.165, 1.54) is 0 Å². The molecule has 21 heavy (non-hydrogen) atoms. The van der Waals surface area contributed by atoms with Gasteiger partial charge in [0.1, 0.15) is 5.65 Å². The van der Waals surface area contributed by atoms with Crippen molar-refractivity contribution in [2.75, 3.05) is 26.3 Å². The second-order valence-corrected chi connectivity index (χ2v) is 5.40. The molecule has 6 nitrogen and oxygen atoms in total. The van der Waals surface area contributed by atoms with E-state index in [4.69, 9.17) is 9.84 Å². The highest BCUT2D eigenvalue weighted by atomic mass is 16.5. The minimum atomic E-state index is -0.849. The van der Waals surface area contributed by atoms with E-state index in [0.29, 0.717) is 12.2 Å². The number of nitrogens with zero attached hydrogens (tertiary/aromatic N) is 3. The van der Waals surface area contributed by atoms with Gasteiger partial charge in [-0.25, -0.2) is 4.98 Å². The Hall–Kier alpha value is -1.92. The molecule has 1 saturated heterocycles. The van der Waals surface area contributed by atoms with Crippen LogP contribution in [0.3, 0.4) is 0 Å². The molecule has 1 aliphatic rings. The van der Waals surface area contributed by atoms with Crippen LogP contribution in [0, 0.1) is 6.92 Å². The quantitative estimate of drug-likeness (QED) is 0.913. The molecule has 0 saturated carbocycles.